The molecular formula is C9H8F4. The number of halogens is 4. The molecule has 0 radical (unpaired) electrons. The Morgan fingerprint density at radius 1 is 1.15 bits per heavy atom. The molecular weight excluding hydrogens is 184 g/mol. The topological polar surface area (TPSA) is 0 Å². The van der Waals surface area contributed by atoms with Crippen LogP contribution < -0.4 is 0 Å². The monoisotopic (exact) mass is 192 g/mol. The SMILES string of the molecule is CCc1cc(F)c(F)cc1C(F)F. The molecule has 0 amide bonds. The number of rotatable bonds is 2. The number of hydrogen-bond acceptors (Lipinski definition) is 0. The van der Waals surface area contributed by atoms with E-state index in [4.69, 9.17) is 0 Å². The van der Waals surface area contributed by atoms with E-state index in [1.54, 1.807) is 6.92 Å². The van der Waals surface area contributed by atoms with E-state index >= 15 is 0 Å². The van der Waals surface area contributed by atoms with Gasteiger partial charge in [-0.3, -0.25) is 0 Å². The Balaban J connectivity index is 3.25. The Morgan fingerprint density at radius 3 is 2.15 bits per heavy atom. The van der Waals surface area contributed by atoms with Crippen LogP contribution in [0.2, 0.25) is 0 Å². The third-order valence-electron chi connectivity index (χ3n) is 1.80. The molecule has 0 fully saturated rings. The summed E-state index contributed by atoms with van der Waals surface area (Å²) in [6, 6.07) is 1.37. The van der Waals surface area contributed by atoms with Crippen molar-refractivity contribution in [2.24, 2.45) is 0 Å². The third kappa shape index (κ3) is 1.99. The Bertz CT molecular complexity index is 307. The summed E-state index contributed by atoms with van der Waals surface area (Å²) in [7, 11) is 0. The predicted octanol–water partition coefficient (Wildman–Crippen LogP) is 3.46. The first kappa shape index (κ1) is 10.0. The van der Waals surface area contributed by atoms with Crippen molar-refractivity contribution in [2.75, 3.05) is 0 Å². The van der Waals surface area contributed by atoms with Gasteiger partial charge in [-0.05, 0) is 24.1 Å². The van der Waals surface area contributed by atoms with Gasteiger partial charge in [-0.2, -0.15) is 0 Å². The lowest BCUT2D eigenvalue weighted by atomic mass is 10.1. The molecule has 0 nitrogen and oxygen atoms in total. The fourth-order valence-electron chi connectivity index (χ4n) is 1.11. The molecule has 1 rings (SSSR count). The molecule has 13 heavy (non-hydrogen) atoms. The van der Waals surface area contributed by atoms with Gasteiger partial charge in [0.15, 0.2) is 11.6 Å². The lowest BCUT2D eigenvalue weighted by Gasteiger charge is -2.06. The molecule has 0 aliphatic heterocycles. The molecule has 0 aliphatic carbocycles. The molecule has 0 heterocycles. The minimum Gasteiger partial charge on any atom is -0.205 e. The van der Waals surface area contributed by atoms with Crippen LogP contribution in [-0.4, -0.2) is 0 Å². The molecule has 0 spiro atoms. The van der Waals surface area contributed by atoms with Crippen LogP contribution in [0.25, 0.3) is 0 Å². The predicted molar refractivity (Wildman–Crippen MR) is 40.7 cm³/mol. The molecule has 4 heteroatoms. The maximum Gasteiger partial charge on any atom is 0.264 e. The van der Waals surface area contributed by atoms with Crippen molar-refractivity contribution in [3.63, 3.8) is 0 Å². The summed E-state index contributed by atoms with van der Waals surface area (Å²) in [4.78, 5) is 0. The lowest BCUT2D eigenvalue weighted by molar-refractivity contribution is 0.149. The minimum absolute atomic E-state index is 0.147. The van der Waals surface area contributed by atoms with Crippen LogP contribution in [0.5, 0.6) is 0 Å². The van der Waals surface area contributed by atoms with E-state index in [9.17, 15) is 17.6 Å². The molecule has 72 valence electrons. The summed E-state index contributed by atoms with van der Waals surface area (Å²) >= 11 is 0. The fourth-order valence-corrected chi connectivity index (χ4v) is 1.11. The van der Waals surface area contributed by atoms with Crippen LogP contribution in [0, 0.1) is 11.6 Å². The van der Waals surface area contributed by atoms with Crippen molar-refractivity contribution in [3.05, 3.63) is 34.9 Å². The second-order valence-corrected chi connectivity index (χ2v) is 2.62. The van der Waals surface area contributed by atoms with E-state index in [2.05, 4.69) is 0 Å². The number of benzene rings is 1. The Hall–Kier alpha value is -1.06. The van der Waals surface area contributed by atoms with Crippen molar-refractivity contribution >= 4 is 0 Å². The maximum atomic E-state index is 12.6. The minimum atomic E-state index is -2.76. The van der Waals surface area contributed by atoms with Crippen molar-refractivity contribution in [3.8, 4) is 0 Å². The smallest absolute Gasteiger partial charge is 0.205 e. The number of alkyl halides is 2. The van der Waals surface area contributed by atoms with E-state index in [-0.39, 0.29) is 12.0 Å². The normalized spacial score (nSPS) is 10.9. The quantitative estimate of drug-likeness (QED) is 0.629. The van der Waals surface area contributed by atoms with Gasteiger partial charge in [-0.15, -0.1) is 0 Å². The Kier molecular flexibility index (Phi) is 2.90. The molecule has 0 saturated carbocycles. The van der Waals surface area contributed by atoms with E-state index < -0.39 is 23.6 Å². The average Bonchev–Trinajstić information content (AvgIpc) is 2.08. The largest absolute Gasteiger partial charge is 0.264 e. The van der Waals surface area contributed by atoms with Gasteiger partial charge in [0.05, 0.1) is 0 Å². The first-order valence-corrected chi connectivity index (χ1v) is 3.82. The Labute approximate surface area is 73.2 Å². The highest BCUT2D eigenvalue weighted by molar-refractivity contribution is 5.29. The van der Waals surface area contributed by atoms with Gasteiger partial charge < -0.3 is 0 Å². The van der Waals surface area contributed by atoms with E-state index in [0.29, 0.717) is 6.07 Å². The highest BCUT2D eigenvalue weighted by Gasteiger charge is 2.15. The van der Waals surface area contributed by atoms with Crippen LogP contribution in [0.4, 0.5) is 17.6 Å². The highest BCUT2D eigenvalue weighted by Crippen LogP contribution is 2.25. The van der Waals surface area contributed by atoms with Crippen LogP contribution >= 0.6 is 0 Å². The van der Waals surface area contributed by atoms with Gasteiger partial charge >= 0.3 is 0 Å². The van der Waals surface area contributed by atoms with Crippen molar-refractivity contribution < 1.29 is 17.6 Å². The van der Waals surface area contributed by atoms with Crippen molar-refractivity contribution in [1.82, 2.24) is 0 Å². The summed E-state index contributed by atoms with van der Waals surface area (Å²) in [5.41, 5.74) is -0.282. The van der Waals surface area contributed by atoms with Crippen LogP contribution in [0.1, 0.15) is 24.5 Å². The zero-order valence-corrected chi connectivity index (χ0v) is 6.95. The number of hydrogen-bond donors (Lipinski definition) is 0. The summed E-state index contributed by atoms with van der Waals surface area (Å²) < 4.78 is 49.6. The third-order valence-corrected chi connectivity index (χ3v) is 1.80. The van der Waals surface area contributed by atoms with Crippen LogP contribution in [0.15, 0.2) is 12.1 Å². The van der Waals surface area contributed by atoms with Crippen LogP contribution in [0.3, 0.4) is 0 Å². The van der Waals surface area contributed by atoms with Gasteiger partial charge in [0.2, 0.25) is 0 Å². The summed E-state index contributed by atoms with van der Waals surface area (Å²) in [6.07, 6.45) is -2.50. The summed E-state index contributed by atoms with van der Waals surface area (Å²) in [5, 5.41) is 0. The molecule has 1 aromatic rings. The van der Waals surface area contributed by atoms with Gasteiger partial charge in [-0.25, -0.2) is 17.6 Å². The van der Waals surface area contributed by atoms with Crippen LogP contribution in [-0.2, 0) is 6.42 Å². The molecule has 0 atom stereocenters. The first-order chi connectivity index (χ1) is 6.06. The van der Waals surface area contributed by atoms with Gasteiger partial charge in [-0.1, -0.05) is 6.92 Å². The van der Waals surface area contributed by atoms with E-state index in [0.717, 1.165) is 6.07 Å². The van der Waals surface area contributed by atoms with Gasteiger partial charge in [0.25, 0.3) is 6.43 Å². The molecule has 1 aromatic carbocycles. The molecule has 0 bridgehead atoms. The molecule has 0 N–H and O–H groups in total. The van der Waals surface area contributed by atoms with E-state index in [1.807, 2.05) is 0 Å². The fraction of sp³-hybridized carbons (Fsp3) is 0.333. The lowest BCUT2D eigenvalue weighted by Crippen LogP contribution is -1.97. The van der Waals surface area contributed by atoms with E-state index in [1.165, 1.54) is 0 Å². The molecule has 0 aliphatic rings. The Morgan fingerprint density at radius 2 is 1.69 bits per heavy atom. The van der Waals surface area contributed by atoms with Crippen molar-refractivity contribution in [1.29, 1.82) is 0 Å². The summed E-state index contributed by atoms with van der Waals surface area (Å²) in [6.45, 7) is 1.61. The highest BCUT2D eigenvalue weighted by atomic mass is 19.3. The van der Waals surface area contributed by atoms with Gasteiger partial charge in [0, 0.05) is 5.56 Å². The zero-order chi connectivity index (χ0) is 10.0. The van der Waals surface area contributed by atoms with Crippen molar-refractivity contribution in [2.45, 2.75) is 19.8 Å². The molecule has 0 aromatic heterocycles. The standard InChI is InChI=1S/C9H8F4/c1-2-5-3-7(10)8(11)4-6(5)9(12)13/h3-4,9H,2H2,1H3. The number of aryl methyl sites for hydroxylation is 1. The second kappa shape index (κ2) is 3.77. The maximum absolute atomic E-state index is 12.6. The summed E-state index contributed by atoms with van der Waals surface area (Å²) in [5.74, 6) is -2.31. The second-order valence-electron chi connectivity index (χ2n) is 2.62. The van der Waals surface area contributed by atoms with Gasteiger partial charge in [0.1, 0.15) is 0 Å². The zero-order valence-electron chi connectivity index (χ0n) is 6.95. The average molecular weight is 192 g/mol. The molecule has 0 unspecified atom stereocenters. The first-order valence-electron chi connectivity index (χ1n) is 3.82. The molecule has 0 saturated heterocycles.